The topological polar surface area (TPSA) is 37.3 Å². The fraction of sp³-hybridized carbons (Fsp3) is 0.833. The molecule has 0 spiro atoms. The van der Waals surface area contributed by atoms with Crippen molar-refractivity contribution in [2.24, 2.45) is 5.92 Å². The van der Waals surface area contributed by atoms with E-state index in [9.17, 15) is 13.6 Å². The Balaban J connectivity index is 2.40. The van der Waals surface area contributed by atoms with E-state index in [1.807, 2.05) is 0 Å². The van der Waals surface area contributed by atoms with Crippen LogP contribution in [0.1, 0.15) is 19.3 Å². The molecule has 0 saturated heterocycles. The van der Waals surface area contributed by atoms with Crippen LogP contribution < -0.4 is 0 Å². The van der Waals surface area contributed by atoms with Crippen LogP contribution in [0, 0.1) is 5.92 Å². The largest absolute Gasteiger partial charge is 0.477 e. The molecule has 0 radical (unpaired) electrons. The Hall–Kier alpha value is -0.670. The van der Waals surface area contributed by atoms with Crippen molar-refractivity contribution in [1.29, 1.82) is 0 Å². The summed E-state index contributed by atoms with van der Waals surface area (Å²) < 4.78 is 24.5. The van der Waals surface area contributed by atoms with Gasteiger partial charge in [-0.05, 0) is 18.8 Å². The van der Waals surface area contributed by atoms with Crippen LogP contribution in [-0.4, -0.2) is 17.0 Å². The summed E-state index contributed by atoms with van der Waals surface area (Å²) in [6.45, 7) is 0. The van der Waals surface area contributed by atoms with E-state index in [2.05, 4.69) is 0 Å². The van der Waals surface area contributed by atoms with Gasteiger partial charge in [0.15, 0.2) is 0 Å². The van der Waals surface area contributed by atoms with Crippen LogP contribution in [-0.2, 0) is 4.79 Å². The molecule has 0 aromatic carbocycles. The Labute approximate surface area is 56.8 Å². The van der Waals surface area contributed by atoms with E-state index < -0.39 is 18.3 Å². The SMILES string of the molecule is O=C(O)C(F)(F)CC1CC1. The molecule has 0 aromatic rings. The number of hydrogen-bond acceptors (Lipinski definition) is 1. The maximum atomic E-state index is 12.2. The predicted molar refractivity (Wildman–Crippen MR) is 29.9 cm³/mol. The molecule has 1 fully saturated rings. The van der Waals surface area contributed by atoms with Gasteiger partial charge in [0.05, 0.1) is 0 Å². The van der Waals surface area contributed by atoms with Crippen LogP contribution in [0.25, 0.3) is 0 Å². The normalized spacial score (nSPS) is 19.0. The first-order chi connectivity index (χ1) is 4.52. The fourth-order valence-electron chi connectivity index (χ4n) is 0.772. The van der Waals surface area contributed by atoms with Crippen molar-refractivity contribution in [3.05, 3.63) is 0 Å². The Kier molecular flexibility index (Phi) is 1.62. The van der Waals surface area contributed by atoms with Crippen LogP contribution in [0.5, 0.6) is 0 Å². The number of aliphatic carboxylic acids is 1. The minimum Gasteiger partial charge on any atom is -0.477 e. The van der Waals surface area contributed by atoms with Gasteiger partial charge in [-0.15, -0.1) is 0 Å². The van der Waals surface area contributed by atoms with Gasteiger partial charge >= 0.3 is 11.9 Å². The third kappa shape index (κ3) is 1.65. The van der Waals surface area contributed by atoms with Crippen LogP contribution in [0.2, 0.25) is 0 Å². The first-order valence-corrected chi connectivity index (χ1v) is 3.13. The lowest BCUT2D eigenvalue weighted by Crippen LogP contribution is -2.28. The fourth-order valence-corrected chi connectivity index (χ4v) is 0.772. The third-order valence-electron chi connectivity index (χ3n) is 1.55. The lowest BCUT2D eigenvalue weighted by Gasteiger charge is -2.08. The molecule has 0 aromatic heterocycles. The summed E-state index contributed by atoms with van der Waals surface area (Å²) in [6.07, 6.45) is 1.02. The van der Waals surface area contributed by atoms with Crippen molar-refractivity contribution in [3.8, 4) is 0 Å². The van der Waals surface area contributed by atoms with Gasteiger partial charge < -0.3 is 5.11 Å². The van der Waals surface area contributed by atoms with Crippen molar-refractivity contribution in [1.82, 2.24) is 0 Å². The molecule has 0 heterocycles. The number of halogens is 2. The van der Waals surface area contributed by atoms with E-state index in [1.54, 1.807) is 0 Å². The average Bonchev–Trinajstić information content (AvgIpc) is 2.48. The van der Waals surface area contributed by atoms with Crippen LogP contribution in [0.3, 0.4) is 0 Å². The summed E-state index contributed by atoms with van der Waals surface area (Å²) in [5.74, 6) is -5.55. The molecule has 2 nitrogen and oxygen atoms in total. The van der Waals surface area contributed by atoms with Gasteiger partial charge in [0.25, 0.3) is 0 Å². The molecule has 0 amide bonds. The molecule has 4 heteroatoms. The zero-order valence-electron chi connectivity index (χ0n) is 5.31. The van der Waals surface area contributed by atoms with Gasteiger partial charge in [-0.3, -0.25) is 0 Å². The molecule has 1 aliphatic carbocycles. The summed E-state index contributed by atoms with van der Waals surface area (Å²) in [5.41, 5.74) is 0. The second-order valence-corrected chi connectivity index (χ2v) is 2.66. The van der Waals surface area contributed by atoms with Crippen molar-refractivity contribution >= 4 is 5.97 Å². The van der Waals surface area contributed by atoms with Crippen molar-refractivity contribution in [2.75, 3.05) is 0 Å². The monoisotopic (exact) mass is 150 g/mol. The minimum absolute atomic E-state index is 0.0499. The number of carboxylic acid groups (broad SMARTS) is 1. The molecule has 1 saturated carbocycles. The number of carboxylic acids is 1. The quantitative estimate of drug-likeness (QED) is 0.662. The van der Waals surface area contributed by atoms with Gasteiger partial charge in [-0.2, -0.15) is 8.78 Å². The first-order valence-electron chi connectivity index (χ1n) is 3.13. The maximum Gasteiger partial charge on any atom is 0.374 e. The maximum absolute atomic E-state index is 12.2. The zero-order valence-corrected chi connectivity index (χ0v) is 5.31. The molecule has 0 unspecified atom stereocenters. The number of rotatable bonds is 3. The van der Waals surface area contributed by atoms with Crippen molar-refractivity contribution in [3.63, 3.8) is 0 Å². The summed E-state index contributed by atoms with van der Waals surface area (Å²) in [5, 5.41) is 7.97. The highest BCUT2D eigenvalue weighted by molar-refractivity contribution is 5.75. The first kappa shape index (κ1) is 7.44. The van der Waals surface area contributed by atoms with Crippen LogP contribution in [0.15, 0.2) is 0 Å². The molecule has 10 heavy (non-hydrogen) atoms. The molecule has 58 valence electrons. The lowest BCUT2D eigenvalue weighted by molar-refractivity contribution is -0.166. The summed E-state index contributed by atoms with van der Waals surface area (Å²) in [4.78, 5) is 9.83. The van der Waals surface area contributed by atoms with E-state index in [0.29, 0.717) is 0 Å². The summed E-state index contributed by atoms with van der Waals surface area (Å²) >= 11 is 0. The molecule has 1 N–H and O–H groups in total. The van der Waals surface area contributed by atoms with E-state index in [-0.39, 0.29) is 5.92 Å². The summed E-state index contributed by atoms with van der Waals surface area (Å²) in [6, 6.07) is 0. The predicted octanol–water partition coefficient (Wildman–Crippen LogP) is 1.51. The molecular formula is C6H8F2O2. The Morgan fingerprint density at radius 2 is 2.10 bits per heavy atom. The van der Waals surface area contributed by atoms with E-state index in [1.165, 1.54) is 0 Å². The minimum atomic E-state index is -3.50. The second-order valence-electron chi connectivity index (χ2n) is 2.66. The van der Waals surface area contributed by atoms with Gasteiger partial charge in [-0.25, -0.2) is 4.79 Å². The standard InChI is InChI=1S/C6H8F2O2/c7-6(8,5(9)10)3-4-1-2-4/h4H,1-3H2,(H,9,10). The molecule has 0 atom stereocenters. The number of carbonyl (C=O) groups is 1. The van der Waals surface area contributed by atoms with E-state index >= 15 is 0 Å². The smallest absolute Gasteiger partial charge is 0.374 e. The Morgan fingerprint density at radius 1 is 1.60 bits per heavy atom. The van der Waals surface area contributed by atoms with Gasteiger partial charge in [0, 0.05) is 6.42 Å². The van der Waals surface area contributed by atoms with Gasteiger partial charge in [0.1, 0.15) is 0 Å². The van der Waals surface area contributed by atoms with Crippen LogP contribution in [0.4, 0.5) is 8.78 Å². The highest BCUT2D eigenvalue weighted by atomic mass is 19.3. The average molecular weight is 150 g/mol. The second kappa shape index (κ2) is 2.18. The molecule has 0 aliphatic heterocycles. The highest BCUT2D eigenvalue weighted by Gasteiger charge is 2.43. The molecule has 0 bridgehead atoms. The molecule has 1 rings (SSSR count). The zero-order chi connectivity index (χ0) is 7.78. The van der Waals surface area contributed by atoms with E-state index in [0.717, 1.165) is 12.8 Å². The molecule has 1 aliphatic rings. The number of hydrogen-bond donors (Lipinski definition) is 1. The molecular weight excluding hydrogens is 142 g/mol. The number of alkyl halides is 2. The van der Waals surface area contributed by atoms with Gasteiger partial charge in [0.2, 0.25) is 0 Å². The van der Waals surface area contributed by atoms with E-state index in [4.69, 9.17) is 5.11 Å². The van der Waals surface area contributed by atoms with Crippen molar-refractivity contribution < 1.29 is 18.7 Å². The third-order valence-corrected chi connectivity index (χ3v) is 1.55. The summed E-state index contributed by atoms with van der Waals surface area (Å²) in [7, 11) is 0. The van der Waals surface area contributed by atoms with Gasteiger partial charge in [-0.1, -0.05) is 0 Å². The Bertz CT molecular complexity index is 152. The van der Waals surface area contributed by atoms with Crippen LogP contribution >= 0.6 is 0 Å². The van der Waals surface area contributed by atoms with Crippen molar-refractivity contribution in [2.45, 2.75) is 25.2 Å². The highest BCUT2D eigenvalue weighted by Crippen LogP contribution is 2.38. The Morgan fingerprint density at radius 3 is 2.40 bits per heavy atom. The lowest BCUT2D eigenvalue weighted by atomic mass is 10.2.